The summed E-state index contributed by atoms with van der Waals surface area (Å²) in [5.74, 6) is -0.192. The minimum absolute atomic E-state index is 0.00551. The summed E-state index contributed by atoms with van der Waals surface area (Å²) in [5, 5.41) is 9.39. The van der Waals surface area contributed by atoms with Crippen molar-refractivity contribution in [3.63, 3.8) is 0 Å². The normalized spacial score (nSPS) is 18.7. The number of aliphatic hydroxyl groups excluding tert-OH is 1. The van der Waals surface area contributed by atoms with E-state index in [-0.39, 0.29) is 11.8 Å². The Morgan fingerprint density at radius 2 is 2.17 bits per heavy atom. The van der Waals surface area contributed by atoms with E-state index >= 15 is 0 Å². The molecule has 0 saturated carbocycles. The maximum atomic E-state index is 11.1. The van der Waals surface area contributed by atoms with E-state index in [0.717, 1.165) is 31.6 Å². The zero-order chi connectivity index (χ0) is 13.1. The average Bonchev–Trinajstić information content (AvgIpc) is 2.39. The monoisotopic (exact) mass is 249 g/mol. The zero-order valence-electron chi connectivity index (χ0n) is 10.5. The molecule has 0 aromatic carbocycles. The van der Waals surface area contributed by atoms with Gasteiger partial charge in [0.15, 0.2) is 0 Å². The molecule has 2 heterocycles. The van der Waals surface area contributed by atoms with Crippen molar-refractivity contribution in [1.29, 1.82) is 0 Å². The van der Waals surface area contributed by atoms with Crippen LogP contribution in [0, 0.1) is 5.92 Å². The summed E-state index contributed by atoms with van der Waals surface area (Å²) < 4.78 is 0. The zero-order valence-corrected chi connectivity index (χ0v) is 10.5. The van der Waals surface area contributed by atoms with Crippen LogP contribution in [0.5, 0.6) is 0 Å². The second kappa shape index (κ2) is 5.35. The van der Waals surface area contributed by atoms with Gasteiger partial charge in [-0.25, -0.2) is 0 Å². The summed E-state index contributed by atoms with van der Waals surface area (Å²) in [6.45, 7) is 3.34. The van der Waals surface area contributed by atoms with Crippen LogP contribution in [0.25, 0.3) is 0 Å². The third kappa shape index (κ3) is 2.79. The van der Waals surface area contributed by atoms with Crippen molar-refractivity contribution in [3.8, 4) is 0 Å². The Kier molecular flexibility index (Phi) is 3.81. The molecule has 0 spiro atoms. The lowest BCUT2D eigenvalue weighted by molar-refractivity contribution is -0.122. The molecule has 1 aromatic heterocycles. The Morgan fingerprint density at radius 1 is 1.50 bits per heavy atom. The van der Waals surface area contributed by atoms with Crippen LogP contribution in [0.4, 0.5) is 5.69 Å². The molecule has 3 N–H and O–H groups in total. The highest BCUT2D eigenvalue weighted by Crippen LogP contribution is 2.23. The van der Waals surface area contributed by atoms with Crippen LogP contribution in [0.2, 0.25) is 0 Å². The predicted octanol–water partition coefficient (Wildman–Crippen LogP) is 0.837. The van der Waals surface area contributed by atoms with Crippen LogP contribution >= 0.6 is 0 Å². The lowest BCUT2D eigenvalue weighted by Crippen LogP contribution is -2.38. The Labute approximate surface area is 107 Å². The van der Waals surface area contributed by atoms with Crippen molar-refractivity contribution in [1.82, 2.24) is 4.98 Å². The molecule has 5 heteroatoms. The van der Waals surface area contributed by atoms with Crippen molar-refractivity contribution in [2.75, 3.05) is 18.0 Å². The molecule has 1 aliphatic heterocycles. The molecule has 2 rings (SSSR count). The average molecular weight is 249 g/mol. The number of hydrogen-bond acceptors (Lipinski definition) is 4. The van der Waals surface area contributed by atoms with Gasteiger partial charge in [-0.2, -0.15) is 0 Å². The summed E-state index contributed by atoms with van der Waals surface area (Å²) in [6.07, 6.45) is 2.83. The number of pyridine rings is 1. The largest absolute Gasteiger partial charge is 0.387 e. The number of anilines is 1. The minimum Gasteiger partial charge on any atom is -0.387 e. The van der Waals surface area contributed by atoms with Gasteiger partial charge in [-0.1, -0.05) is 0 Å². The lowest BCUT2D eigenvalue weighted by Gasteiger charge is -2.32. The first-order valence-electron chi connectivity index (χ1n) is 6.26. The number of carbonyl (C=O) groups excluding carboxylic acids is 1. The van der Waals surface area contributed by atoms with E-state index in [1.807, 2.05) is 12.1 Å². The third-order valence-corrected chi connectivity index (χ3v) is 3.46. The van der Waals surface area contributed by atoms with Crippen molar-refractivity contribution < 1.29 is 9.90 Å². The topological polar surface area (TPSA) is 79.5 Å². The van der Waals surface area contributed by atoms with Crippen LogP contribution in [-0.2, 0) is 4.79 Å². The standard InChI is InChI=1S/C13H19N3O2/c1-9(17)12-3-2-11(8-15-12)16-6-4-10(5-7-16)13(14)18/h2-3,8-10,17H,4-7H2,1H3,(H2,14,18)/t9-/m1/s1. The number of carbonyl (C=O) groups is 1. The van der Waals surface area contributed by atoms with E-state index in [1.165, 1.54) is 0 Å². The number of aromatic nitrogens is 1. The highest BCUT2D eigenvalue weighted by atomic mass is 16.3. The van der Waals surface area contributed by atoms with E-state index in [1.54, 1.807) is 13.1 Å². The quantitative estimate of drug-likeness (QED) is 0.831. The summed E-state index contributed by atoms with van der Waals surface area (Å²) in [5.41, 5.74) is 7.01. The van der Waals surface area contributed by atoms with Crippen LogP contribution in [0.1, 0.15) is 31.6 Å². The van der Waals surface area contributed by atoms with Crippen molar-refractivity contribution in [2.45, 2.75) is 25.9 Å². The molecule has 1 atom stereocenters. The number of nitrogens with zero attached hydrogens (tertiary/aromatic N) is 2. The first kappa shape index (κ1) is 12.8. The second-order valence-corrected chi connectivity index (χ2v) is 4.78. The Balaban J connectivity index is 1.99. The first-order valence-corrected chi connectivity index (χ1v) is 6.26. The molecule has 18 heavy (non-hydrogen) atoms. The highest BCUT2D eigenvalue weighted by molar-refractivity contribution is 5.77. The predicted molar refractivity (Wildman–Crippen MR) is 69.0 cm³/mol. The van der Waals surface area contributed by atoms with E-state index in [9.17, 15) is 9.90 Å². The van der Waals surface area contributed by atoms with Crippen LogP contribution < -0.4 is 10.6 Å². The molecule has 1 aliphatic rings. The molecule has 5 nitrogen and oxygen atoms in total. The number of amides is 1. The molecular weight excluding hydrogens is 230 g/mol. The molecule has 1 amide bonds. The van der Waals surface area contributed by atoms with Gasteiger partial charge in [0.2, 0.25) is 5.91 Å². The Bertz CT molecular complexity index is 409. The summed E-state index contributed by atoms with van der Waals surface area (Å²) in [4.78, 5) is 17.5. The van der Waals surface area contributed by atoms with Gasteiger partial charge in [0.05, 0.1) is 23.7 Å². The van der Waals surface area contributed by atoms with Gasteiger partial charge in [0.1, 0.15) is 0 Å². The number of aliphatic hydroxyl groups is 1. The van der Waals surface area contributed by atoms with Gasteiger partial charge in [0.25, 0.3) is 0 Å². The number of hydrogen-bond donors (Lipinski definition) is 2. The molecule has 1 fully saturated rings. The lowest BCUT2D eigenvalue weighted by atomic mass is 9.96. The molecule has 1 saturated heterocycles. The van der Waals surface area contributed by atoms with Crippen LogP contribution in [0.15, 0.2) is 18.3 Å². The van der Waals surface area contributed by atoms with Crippen LogP contribution in [0.3, 0.4) is 0 Å². The molecule has 0 unspecified atom stereocenters. The number of nitrogens with two attached hydrogens (primary N) is 1. The summed E-state index contributed by atoms with van der Waals surface area (Å²) >= 11 is 0. The van der Waals surface area contributed by atoms with Gasteiger partial charge in [-0.05, 0) is 31.9 Å². The molecule has 98 valence electrons. The molecular formula is C13H19N3O2. The summed E-state index contributed by atoms with van der Waals surface area (Å²) in [6, 6.07) is 3.79. The van der Waals surface area contributed by atoms with Gasteiger partial charge < -0.3 is 15.7 Å². The SMILES string of the molecule is C[C@@H](O)c1ccc(N2CCC(C(N)=O)CC2)cn1. The molecule has 0 aliphatic carbocycles. The van der Waals surface area contributed by atoms with Crippen LogP contribution in [-0.4, -0.2) is 29.1 Å². The number of primary amides is 1. The fourth-order valence-corrected chi connectivity index (χ4v) is 2.25. The fraction of sp³-hybridized carbons (Fsp3) is 0.538. The van der Waals surface area contributed by atoms with Crippen molar-refractivity contribution in [2.24, 2.45) is 11.7 Å². The van der Waals surface area contributed by atoms with Gasteiger partial charge in [0, 0.05) is 19.0 Å². The minimum atomic E-state index is -0.542. The summed E-state index contributed by atoms with van der Waals surface area (Å²) in [7, 11) is 0. The van der Waals surface area contributed by atoms with Crippen molar-refractivity contribution in [3.05, 3.63) is 24.0 Å². The first-order chi connectivity index (χ1) is 8.58. The van der Waals surface area contributed by atoms with Crippen molar-refractivity contribution >= 4 is 11.6 Å². The highest BCUT2D eigenvalue weighted by Gasteiger charge is 2.23. The second-order valence-electron chi connectivity index (χ2n) is 4.78. The van der Waals surface area contributed by atoms with E-state index in [0.29, 0.717) is 5.69 Å². The van der Waals surface area contributed by atoms with Gasteiger partial charge >= 0.3 is 0 Å². The fourth-order valence-electron chi connectivity index (χ4n) is 2.25. The molecule has 0 radical (unpaired) electrons. The van der Waals surface area contributed by atoms with Gasteiger partial charge in [-0.3, -0.25) is 9.78 Å². The Morgan fingerprint density at radius 3 is 2.61 bits per heavy atom. The van der Waals surface area contributed by atoms with Gasteiger partial charge in [-0.15, -0.1) is 0 Å². The van der Waals surface area contributed by atoms with E-state index < -0.39 is 6.10 Å². The number of rotatable bonds is 3. The van der Waals surface area contributed by atoms with E-state index in [4.69, 9.17) is 5.73 Å². The van der Waals surface area contributed by atoms with E-state index in [2.05, 4.69) is 9.88 Å². The maximum Gasteiger partial charge on any atom is 0.220 e. The Hall–Kier alpha value is -1.62. The molecule has 0 bridgehead atoms. The maximum absolute atomic E-state index is 11.1. The molecule has 1 aromatic rings. The number of piperidine rings is 1. The smallest absolute Gasteiger partial charge is 0.220 e. The third-order valence-electron chi connectivity index (χ3n) is 3.46.